The topological polar surface area (TPSA) is 104 Å². The van der Waals surface area contributed by atoms with Crippen molar-refractivity contribution in [1.29, 1.82) is 0 Å². The maximum Gasteiger partial charge on any atom is 0.312 e. The molecule has 3 N–H and O–H groups in total. The van der Waals surface area contributed by atoms with E-state index < -0.39 is 5.97 Å². The van der Waals surface area contributed by atoms with E-state index in [9.17, 15) is 24.9 Å². The van der Waals surface area contributed by atoms with Crippen LogP contribution in [0.1, 0.15) is 46.3 Å². The Labute approximate surface area is 160 Å². The van der Waals surface area contributed by atoms with Gasteiger partial charge in [-0.15, -0.1) is 0 Å². The van der Waals surface area contributed by atoms with E-state index in [0.717, 1.165) is 5.56 Å². The number of ether oxygens (including phenoxy) is 1. The lowest BCUT2D eigenvalue weighted by molar-refractivity contribution is -0.135. The minimum absolute atomic E-state index is 0.0753. The maximum atomic E-state index is 12.2. The molecule has 0 saturated heterocycles. The number of benzene rings is 3. The summed E-state index contributed by atoms with van der Waals surface area (Å²) in [4.78, 5) is 24.1. The van der Waals surface area contributed by atoms with Crippen molar-refractivity contribution in [2.75, 3.05) is 0 Å². The van der Waals surface area contributed by atoms with E-state index in [1.165, 1.54) is 31.2 Å². The summed E-state index contributed by atoms with van der Waals surface area (Å²) in [6, 6.07) is 9.32. The van der Waals surface area contributed by atoms with Crippen LogP contribution in [0.3, 0.4) is 0 Å². The molecule has 142 valence electrons. The zero-order valence-electron chi connectivity index (χ0n) is 15.3. The van der Waals surface area contributed by atoms with Gasteiger partial charge in [-0.1, -0.05) is 12.1 Å². The Kier molecular flexibility index (Phi) is 4.00. The number of esters is 1. The first-order valence-corrected chi connectivity index (χ1v) is 8.80. The number of Topliss-reactive ketones (excluding diaryl/α,β-unsaturated/α-hetero) is 1. The Bertz CT molecular complexity index is 1140. The van der Waals surface area contributed by atoms with Crippen LogP contribution in [0.5, 0.6) is 23.0 Å². The largest absolute Gasteiger partial charge is 0.508 e. The van der Waals surface area contributed by atoms with Crippen molar-refractivity contribution in [3.63, 3.8) is 0 Å². The molecule has 0 fully saturated rings. The second kappa shape index (κ2) is 6.27. The minimum atomic E-state index is -0.439. The molecule has 28 heavy (non-hydrogen) atoms. The van der Waals surface area contributed by atoms with Gasteiger partial charge >= 0.3 is 5.97 Å². The number of aromatic hydroxyl groups is 3. The van der Waals surface area contributed by atoms with Crippen LogP contribution < -0.4 is 4.74 Å². The molecule has 1 aliphatic rings. The smallest absolute Gasteiger partial charge is 0.312 e. The van der Waals surface area contributed by atoms with Gasteiger partial charge in [-0.3, -0.25) is 9.59 Å². The Morgan fingerprint density at radius 3 is 2.39 bits per heavy atom. The molecule has 1 aliphatic heterocycles. The van der Waals surface area contributed by atoms with Crippen LogP contribution in [0, 0.1) is 6.92 Å². The molecule has 0 bridgehead atoms. The maximum absolute atomic E-state index is 12.2. The summed E-state index contributed by atoms with van der Waals surface area (Å²) in [6.07, 6.45) is 0.0753. The van der Waals surface area contributed by atoms with E-state index in [0.29, 0.717) is 21.9 Å². The highest BCUT2D eigenvalue weighted by molar-refractivity contribution is 6.07. The summed E-state index contributed by atoms with van der Waals surface area (Å²) in [5, 5.41) is 31.5. The lowest BCUT2D eigenvalue weighted by Crippen LogP contribution is -2.21. The highest BCUT2D eigenvalue weighted by atomic mass is 16.5. The van der Waals surface area contributed by atoms with Crippen LogP contribution in [0.4, 0.5) is 0 Å². The van der Waals surface area contributed by atoms with E-state index in [4.69, 9.17) is 4.74 Å². The number of hydrogen-bond acceptors (Lipinski definition) is 6. The fraction of sp³-hybridized carbons (Fsp3) is 0.182. The summed E-state index contributed by atoms with van der Waals surface area (Å²) < 4.78 is 5.36. The van der Waals surface area contributed by atoms with Gasteiger partial charge in [0.25, 0.3) is 0 Å². The van der Waals surface area contributed by atoms with Crippen LogP contribution in [0.15, 0.2) is 36.4 Å². The van der Waals surface area contributed by atoms with Crippen molar-refractivity contribution in [2.45, 2.75) is 26.2 Å². The third-order valence-electron chi connectivity index (χ3n) is 5.23. The molecule has 4 rings (SSSR count). The average molecular weight is 378 g/mol. The number of hydrogen-bond donors (Lipinski definition) is 3. The molecule has 3 aromatic carbocycles. The van der Waals surface area contributed by atoms with Crippen LogP contribution in [-0.4, -0.2) is 27.1 Å². The third kappa shape index (κ3) is 2.65. The molecule has 6 heteroatoms. The van der Waals surface area contributed by atoms with Gasteiger partial charge < -0.3 is 20.1 Å². The molecule has 1 heterocycles. The van der Waals surface area contributed by atoms with E-state index in [1.54, 1.807) is 19.1 Å². The molecule has 0 spiro atoms. The summed E-state index contributed by atoms with van der Waals surface area (Å²) in [5.41, 5.74) is 2.04. The molecule has 0 aromatic heterocycles. The monoisotopic (exact) mass is 378 g/mol. The van der Waals surface area contributed by atoms with Crippen LogP contribution >= 0.6 is 0 Å². The molecule has 0 saturated carbocycles. The van der Waals surface area contributed by atoms with E-state index in [1.807, 2.05) is 0 Å². The lowest BCUT2D eigenvalue weighted by atomic mass is 9.82. The molecule has 6 nitrogen and oxygen atoms in total. The van der Waals surface area contributed by atoms with Gasteiger partial charge in [-0.05, 0) is 48.6 Å². The molecule has 1 atom stereocenters. The average Bonchev–Trinajstić information content (AvgIpc) is 2.60. The SMILES string of the molecule is CC(=O)c1c(O)cc2c3c(cc(O)c2c1C)OC(=O)CC3c1ccc(O)cc1. The predicted molar refractivity (Wildman–Crippen MR) is 102 cm³/mol. The van der Waals surface area contributed by atoms with Gasteiger partial charge in [-0.25, -0.2) is 0 Å². The third-order valence-corrected chi connectivity index (χ3v) is 5.23. The molecule has 0 aliphatic carbocycles. The van der Waals surface area contributed by atoms with Crippen molar-refractivity contribution < 1.29 is 29.6 Å². The quantitative estimate of drug-likeness (QED) is 0.355. The van der Waals surface area contributed by atoms with Gasteiger partial charge in [-0.2, -0.15) is 0 Å². The van der Waals surface area contributed by atoms with Crippen molar-refractivity contribution >= 4 is 22.5 Å². The second-order valence-corrected chi connectivity index (χ2v) is 7.00. The van der Waals surface area contributed by atoms with E-state index in [2.05, 4.69) is 0 Å². The molecule has 0 radical (unpaired) electrons. The molecule has 1 unspecified atom stereocenters. The molecule has 0 amide bonds. The Morgan fingerprint density at radius 1 is 1.07 bits per heavy atom. The number of ketones is 1. The van der Waals surface area contributed by atoms with Gasteiger partial charge in [0, 0.05) is 22.9 Å². The Morgan fingerprint density at radius 2 is 1.75 bits per heavy atom. The highest BCUT2D eigenvalue weighted by Crippen LogP contribution is 2.48. The van der Waals surface area contributed by atoms with Crippen LogP contribution in [0.2, 0.25) is 0 Å². The van der Waals surface area contributed by atoms with Crippen molar-refractivity contribution in [3.8, 4) is 23.0 Å². The van der Waals surface area contributed by atoms with Gasteiger partial charge in [0.15, 0.2) is 5.78 Å². The van der Waals surface area contributed by atoms with Crippen LogP contribution in [0.25, 0.3) is 10.8 Å². The number of aryl methyl sites for hydroxylation is 1. The fourth-order valence-electron chi connectivity index (χ4n) is 4.06. The van der Waals surface area contributed by atoms with Gasteiger partial charge in [0.05, 0.1) is 12.0 Å². The first-order chi connectivity index (χ1) is 13.3. The van der Waals surface area contributed by atoms with Crippen molar-refractivity contribution in [2.24, 2.45) is 0 Å². The Balaban J connectivity index is 2.08. The summed E-state index contributed by atoms with van der Waals surface area (Å²) >= 11 is 0. The Hall–Kier alpha value is -3.54. The van der Waals surface area contributed by atoms with Gasteiger partial charge in [0.1, 0.15) is 23.0 Å². The number of phenols is 3. The number of phenolic OH excluding ortho intramolecular Hbond substituents is 3. The number of carbonyl (C=O) groups is 2. The standard InChI is InChI=1S/C22H18O6/c1-10-20(11(2)23)16(25)7-15-21(10)17(26)9-18-22(15)14(8-19(27)28-18)12-3-5-13(24)6-4-12/h3-7,9,14,24-26H,8H2,1-2H3. The normalized spacial score (nSPS) is 15.9. The number of fused-ring (bicyclic) bond motifs is 3. The van der Waals surface area contributed by atoms with E-state index >= 15 is 0 Å². The van der Waals surface area contributed by atoms with Gasteiger partial charge in [0.2, 0.25) is 0 Å². The summed E-state index contributed by atoms with van der Waals surface area (Å²) in [5.74, 6) is -1.13. The zero-order valence-corrected chi connectivity index (χ0v) is 15.3. The molecule has 3 aromatic rings. The second-order valence-electron chi connectivity index (χ2n) is 7.00. The first kappa shape index (κ1) is 17.9. The van der Waals surface area contributed by atoms with Crippen LogP contribution in [-0.2, 0) is 4.79 Å². The van der Waals surface area contributed by atoms with Crippen molar-refractivity contribution in [1.82, 2.24) is 0 Å². The zero-order chi connectivity index (χ0) is 20.2. The number of rotatable bonds is 2. The van der Waals surface area contributed by atoms with E-state index in [-0.39, 0.29) is 46.7 Å². The predicted octanol–water partition coefficient (Wildman–Crippen LogP) is 3.91. The fourth-order valence-corrected chi connectivity index (χ4v) is 4.06. The lowest BCUT2D eigenvalue weighted by Gasteiger charge is -2.27. The summed E-state index contributed by atoms with van der Waals surface area (Å²) in [6.45, 7) is 3.01. The molecular weight excluding hydrogens is 360 g/mol. The highest BCUT2D eigenvalue weighted by Gasteiger charge is 2.32. The summed E-state index contributed by atoms with van der Waals surface area (Å²) in [7, 11) is 0. The minimum Gasteiger partial charge on any atom is -0.508 e. The first-order valence-electron chi connectivity index (χ1n) is 8.80. The number of carbonyl (C=O) groups excluding carboxylic acids is 2. The molecular formula is C22H18O6. The van der Waals surface area contributed by atoms with Crippen molar-refractivity contribution in [3.05, 3.63) is 58.7 Å².